The summed E-state index contributed by atoms with van der Waals surface area (Å²) in [4.78, 5) is 24.9. The Morgan fingerprint density at radius 3 is 2.39 bits per heavy atom. The van der Waals surface area contributed by atoms with E-state index in [9.17, 15) is 9.59 Å². The molecule has 0 radical (unpaired) electrons. The molecular formula is C22H23N3O3. The molecule has 1 fully saturated rings. The minimum absolute atomic E-state index is 0.169. The first-order valence-corrected chi connectivity index (χ1v) is 9.45. The van der Waals surface area contributed by atoms with Gasteiger partial charge in [0.05, 0.1) is 11.3 Å². The minimum atomic E-state index is -0.506. The molecule has 6 nitrogen and oxygen atoms in total. The molecule has 6 heteroatoms. The van der Waals surface area contributed by atoms with E-state index in [2.05, 4.69) is 9.67 Å². The van der Waals surface area contributed by atoms with Crippen molar-refractivity contribution >= 4 is 11.8 Å². The second-order valence-electron chi connectivity index (χ2n) is 7.32. The van der Waals surface area contributed by atoms with Gasteiger partial charge in [-0.05, 0) is 70.0 Å². The molecule has 0 N–H and O–H groups in total. The summed E-state index contributed by atoms with van der Waals surface area (Å²) in [6.07, 6.45) is 4.05. The van der Waals surface area contributed by atoms with Crippen LogP contribution in [0.1, 0.15) is 56.7 Å². The van der Waals surface area contributed by atoms with Gasteiger partial charge < -0.3 is 9.30 Å². The SMILES string of the molecule is Cc1ccnn1-c1ccc(C(=O)OCC(=O)c2cc(C)n(C3CC3)c2C)cc1. The molecule has 28 heavy (non-hydrogen) atoms. The summed E-state index contributed by atoms with van der Waals surface area (Å²) < 4.78 is 9.26. The Kier molecular flexibility index (Phi) is 4.63. The predicted molar refractivity (Wildman–Crippen MR) is 105 cm³/mol. The van der Waals surface area contributed by atoms with Gasteiger partial charge in [-0.2, -0.15) is 5.10 Å². The highest BCUT2D eigenvalue weighted by Gasteiger charge is 2.28. The third-order valence-corrected chi connectivity index (χ3v) is 5.21. The van der Waals surface area contributed by atoms with Gasteiger partial charge in [0.25, 0.3) is 0 Å². The molecule has 4 rings (SSSR count). The van der Waals surface area contributed by atoms with Gasteiger partial charge in [0.1, 0.15) is 0 Å². The quantitative estimate of drug-likeness (QED) is 0.481. The number of benzene rings is 1. The van der Waals surface area contributed by atoms with Gasteiger partial charge in [0.15, 0.2) is 6.61 Å². The lowest BCUT2D eigenvalue weighted by Crippen LogP contribution is -2.15. The topological polar surface area (TPSA) is 66.1 Å². The molecule has 0 atom stereocenters. The first kappa shape index (κ1) is 18.2. The molecule has 3 aromatic rings. The highest BCUT2D eigenvalue weighted by atomic mass is 16.5. The van der Waals surface area contributed by atoms with Crippen molar-refractivity contribution in [1.82, 2.24) is 14.3 Å². The highest BCUT2D eigenvalue weighted by molar-refractivity contribution is 6.00. The van der Waals surface area contributed by atoms with Gasteiger partial charge in [-0.15, -0.1) is 0 Å². The molecular weight excluding hydrogens is 354 g/mol. The summed E-state index contributed by atoms with van der Waals surface area (Å²) in [5.41, 5.74) is 4.96. The maximum absolute atomic E-state index is 12.6. The fourth-order valence-corrected chi connectivity index (χ4v) is 3.62. The fraction of sp³-hybridized carbons (Fsp3) is 0.318. The zero-order chi connectivity index (χ0) is 19.8. The van der Waals surface area contributed by atoms with Crippen LogP contribution in [0.3, 0.4) is 0 Å². The second-order valence-corrected chi connectivity index (χ2v) is 7.32. The number of nitrogens with zero attached hydrogens (tertiary/aromatic N) is 3. The van der Waals surface area contributed by atoms with Crippen LogP contribution in [0.5, 0.6) is 0 Å². The lowest BCUT2D eigenvalue weighted by Gasteiger charge is -2.08. The van der Waals surface area contributed by atoms with Gasteiger partial charge in [-0.25, -0.2) is 9.48 Å². The molecule has 1 aromatic carbocycles. The number of ketones is 1. The molecule has 0 unspecified atom stereocenters. The van der Waals surface area contributed by atoms with Crippen molar-refractivity contribution in [2.75, 3.05) is 6.61 Å². The minimum Gasteiger partial charge on any atom is -0.454 e. The summed E-state index contributed by atoms with van der Waals surface area (Å²) >= 11 is 0. The first-order valence-electron chi connectivity index (χ1n) is 9.45. The van der Waals surface area contributed by atoms with Gasteiger partial charge in [0, 0.05) is 34.9 Å². The number of ether oxygens (including phenoxy) is 1. The van der Waals surface area contributed by atoms with Crippen molar-refractivity contribution < 1.29 is 14.3 Å². The Morgan fingerprint density at radius 2 is 1.79 bits per heavy atom. The first-order chi connectivity index (χ1) is 13.5. The number of hydrogen-bond acceptors (Lipinski definition) is 4. The molecule has 1 aliphatic carbocycles. The van der Waals surface area contributed by atoms with E-state index >= 15 is 0 Å². The lowest BCUT2D eigenvalue weighted by molar-refractivity contribution is 0.0474. The van der Waals surface area contributed by atoms with Crippen molar-refractivity contribution in [3.05, 3.63) is 70.8 Å². The van der Waals surface area contributed by atoms with Crippen molar-refractivity contribution in [2.45, 2.75) is 39.7 Å². The van der Waals surface area contributed by atoms with Crippen LogP contribution in [0.4, 0.5) is 0 Å². The number of aryl methyl sites for hydroxylation is 2. The van der Waals surface area contributed by atoms with Crippen LogP contribution in [0, 0.1) is 20.8 Å². The number of carbonyl (C=O) groups excluding carboxylic acids is 2. The molecule has 0 amide bonds. The number of rotatable bonds is 6. The van der Waals surface area contributed by atoms with Crippen LogP contribution < -0.4 is 0 Å². The molecule has 1 saturated carbocycles. The Balaban J connectivity index is 1.41. The zero-order valence-electron chi connectivity index (χ0n) is 16.3. The second kappa shape index (κ2) is 7.11. The standard InChI is InChI=1S/C22H23N3O3/c1-14-10-11-23-25(14)19-6-4-17(5-7-19)22(27)28-13-21(26)20-12-15(2)24(16(20)3)18-8-9-18/h4-7,10-12,18H,8-9,13H2,1-3H3. The summed E-state index contributed by atoms with van der Waals surface area (Å²) in [7, 11) is 0. The van der Waals surface area contributed by atoms with Gasteiger partial charge in [0.2, 0.25) is 5.78 Å². The average molecular weight is 377 g/mol. The van der Waals surface area contributed by atoms with Gasteiger partial charge in [-0.1, -0.05) is 0 Å². The van der Waals surface area contributed by atoms with Crippen molar-refractivity contribution in [3.63, 3.8) is 0 Å². The van der Waals surface area contributed by atoms with E-state index in [1.165, 1.54) is 0 Å². The molecule has 2 aromatic heterocycles. The van der Waals surface area contributed by atoms with Crippen LogP contribution in [0.2, 0.25) is 0 Å². The number of aromatic nitrogens is 3. The van der Waals surface area contributed by atoms with Crippen molar-refractivity contribution in [2.24, 2.45) is 0 Å². The molecule has 0 bridgehead atoms. The Labute approximate surface area is 163 Å². The maximum Gasteiger partial charge on any atom is 0.338 e. The fourth-order valence-electron chi connectivity index (χ4n) is 3.62. The molecule has 0 spiro atoms. The molecule has 2 heterocycles. The van der Waals surface area contributed by atoms with E-state index in [0.29, 0.717) is 17.2 Å². The Hall–Kier alpha value is -3.15. The van der Waals surface area contributed by atoms with Crippen LogP contribution in [0.15, 0.2) is 42.6 Å². The Morgan fingerprint density at radius 1 is 1.07 bits per heavy atom. The third kappa shape index (κ3) is 3.38. The maximum atomic E-state index is 12.6. The number of esters is 1. The molecule has 1 aliphatic rings. The number of hydrogen-bond donors (Lipinski definition) is 0. The molecule has 0 saturated heterocycles. The average Bonchev–Trinajstić information content (AvgIpc) is 3.35. The van der Waals surface area contributed by atoms with E-state index in [-0.39, 0.29) is 12.4 Å². The summed E-state index contributed by atoms with van der Waals surface area (Å²) in [5.74, 6) is -0.676. The normalized spacial score (nSPS) is 13.5. The monoisotopic (exact) mass is 377 g/mol. The summed E-state index contributed by atoms with van der Waals surface area (Å²) in [6, 6.07) is 11.3. The van der Waals surface area contributed by atoms with E-state index in [1.54, 1.807) is 23.0 Å². The largest absolute Gasteiger partial charge is 0.454 e. The smallest absolute Gasteiger partial charge is 0.338 e. The number of carbonyl (C=O) groups is 2. The molecule has 0 aliphatic heterocycles. The van der Waals surface area contributed by atoms with Crippen LogP contribution in [-0.2, 0) is 4.74 Å². The number of Topliss-reactive ketones (excluding diaryl/α,β-unsaturated/α-hetero) is 1. The lowest BCUT2D eigenvalue weighted by atomic mass is 10.1. The molecule has 144 valence electrons. The van der Waals surface area contributed by atoms with E-state index in [0.717, 1.165) is 35.6 Å². The third-order valence-electron chi connectivity index (χ3n) is 5.21. The van der Waals surface area contributed by atoms with Crippen molar-refractivity contribution in [1.29, 1.82) is 0 Å². The van der Waals surface area contributed by atoms with E-state index in [4.69, 9.17) is 4.74 Å². The Bertz CT molecular complexity index is 1040. The van der Waals surface area contributed by atoms with Crippen molar-refractivity contribution in [3.8, 4) is 5.69 Å². The van der Waals surface area contributed by atoms with Crippen LogP contribution in [-0.4, -0.2) is 32.7 Å². The zero-order valence-corrected chi connectivity index (χ0v) is 16.3. The van der Waals surface area contributed by atoms with Gasteiger partial charge >= 0.3 is 5.97 Å². The van der Waals surface area contributed by atoms with Crippen LogP contribution in [0.25, 0.3) is 5.69 Å². The summed E-state index contributed by atoms with van der Waals surface area (Å²) in [6.45, 7) is 5.67. The van der Waals surface area contributed by atoms with Gasteiger partial charge in [-0.3, -0.25) is 4.79 Å². The van der Waals surface area contributed by atoms with E-state index < -0.39 is 5.97 Å². The predicted octanol–water partition coefficient (Wildman–Crippen LogP) is 3.97. The summed E-state index contributed by atoms with van der Waals surface area (Å²) in [5, 5.41) is 4.24. The highest BCUT2D eigenvalue weighted by Crippen LogP contribution is 2.38. The van der Waals surface area contributed by atoms with E-state index in [1.807, 2.05) is 45.0 Å². The van der Waals surface area contributed by atoms with Crippen LogP contribution >= 0.6 is 0 Å².